The first-order valence-electron chi connectivity index (χ1n) is 8.33. The number of Topliss-reactive ketones (excluding diaryl/α,β-unsaturated/α-hetero) is 1. The smallest absolute Gasteiger partial charge is 0.290 e. The summed E-state index contributed by atoms with van der Waals surface area (Å²) < 4.78 is 5.12. The standard InChI is InChI=1S/C20H21NO4/c1-25-19-13-16(6-7-17(19)22)12-15-4-2-14(3-5-15)8-10-21-11-9-18(23)20(21)24/h2-4,6-7,12-13,22H,5,8-11H2,1H3. The van der Waals surface area contributed by atoms with Crippen molar-refractivity contribution in [3.8, 4) is 11.5 Å². The van der Waals surface area contributed by atoms with Crippen LogP contribution >= 0.6 is 0 Å². The minimum absolute atomic E-state index is 0.126. The van der Waals surface area contributed by atoms with Crippen molar-refractivity contribution in [2.75, 3.05) is 20.2 Å². The number of aromatic hydroxyl groups is 1. The summed E-state index contributed by atoms with van der Waals surface area (Å²) in [6.45, 7) is 1.14. The molecule has 5 heteroatoms. The predicted octanol–water partition coefficient (Wildman–Crippen LogP) is 2.86. The van der Waals surface area contributed by atoms with Crippen LogP contribution in [0.2, 0.25) is 0 Å². The number of benzene rings is 1. The van der Waals surface area contributed by atoms with Crippen molar-refractivity contribution >= 4 is 17.8 Å². The normalized spacial score (nSPS) is 18.8. The number of nitrogens with zero attached hydrogens (tertiary/aromatic N) is 1. The molecular formula is C20H21NO4. The second-order valence-electron chi connectivity index (χ2n) is 6.18. The molecule has 1 fully saturated rings. The fraction of sp³-hybridized carbons (Fsp3) is 0.300. The molecule has 5 nitrogen and oxygen atoms in total. The van der Waals surface area contributed by atoms with Crippen LogP contribution < -0.4 is 4.74 Å². The number of amides is 1. The Morgan fingerprint density at radius 2 is 2.12 bits per heavy atom. The lowest BCUT2D eigenvalue weighted by atomic mass is 9.98. The number of rotatable bonds is 5. The third-order valence-corrected chi connectivity index (χ3v) is 4.47. The zero-order chi connectivity index (χ0) is 17.8. The Morgan fingerprint density at radius 3 is 2.76 bits per heavy atom. The van der Waals surface area contributed by atoms with Gasteiger partial charge in [0.2, 0.25) is 5.78 Å². The molecule has 1 heterocycles. The van der Waals surface area contributed by atoms with E-state index in [4.69, 9.17) is 4.74 Å². The first-order chi connectivity index (χ1) is 12.1. The van der Waals surface area contributed by atoms with E-state index in [0.717, 1.165) is 24.0 Å². The Hall–Kier alpha value is -2.82. The minimum atomic E-state index is -0.345. The van der Waals surface area contributed by atoms with Crippen LogP contribution in [0.3, 0.4) is 0 Å². The fourth-order valence-electron chi connectivity index (χ4n) is 2.99. The number of methoxy groups -OCH3 is 1. The number of phenolic OH excluding ortho intramolecular Hbond substituents is 1. The molecule has 2 aliphatic rings. The maximum atomic E-state index is 11.6. The van der Waals surface area contributed by atoms with Crippen molar-refractivity contribution in [3.63, 3.8) is 0 Å². The molecule has 1 aromatic carbocycles. The van der Waals surface area contributed by atoms with Crippen LogP contribution in [0.15, 0.2) is 47.6 Å². The topological polar surface area (TPSA) is 66.8 Å². The van der Waals surface area contributed by atoms with E-state index in [1.807, 2.05) is 6.07 Å². The summed E-state index contributed by atoms with van der Waals surface area (Å²) in [4.78, 5) is 24.5. The molecule has 0 aromatic heterocycles. The molecule has 1 amide bonds. The van der Waals surface area contributed by atoms with Gasteiger partial charge in [-0.15, -0.1) is 0 Å². The van der Waals surface area contributed by atoms with Crippen LogP contribution in [0.25, 0.3) is 6.08 Å². The first kappa shape index (κ1) is 17.0. The van der Waals surface area contributed by atoms with E-state index in [1.54, 1.807) is 17.0 Å². The summed E-state index contributed by atoms with van der Waals surface area (Å²) in [5.74, 6) is -0.0406. The second-order valence-corrected chi connectivity index (χ2v) is 6.18. The van der Waals surface area contributed by atoms with Crippen molar-refractivity contribution in [3.05, 3.63) is 53.1 Å². The van der Waals surface area contributed by atoms with E-state index >= 15 is 0 Å². The molecular weight excluding hydrogens is 318 g/mol. The van der Waals surface area contributed by atoms with Gasteiger partial charge in [-0.05, 0) is 41.7 Å². The Bertz CT molecular complexity index is 789. The minimum Gasteiger partial charge on any atom is -0.504 e. The lowest BCUT2D eigenvalue weighted by Crippen LogP contribution is -2.28. The van der Waals surface area contributed by atoms with Gasteiger partial charge in [0.15, 0.2) is 11.5 Å². The Balaban J connectivity index is 1.58. The number of hydrogen-bond acceptors (Lipinski definition) is 4. The molecule has 3 rings (SSSR count). The van der Waals surface area contributed by atoms with Crippen molar-refractivity contribution in [1.82, 2.24) is 4.90 Å². The molecule has 1 N–H and O–H groups in total. The number of ether oxygens (including phenoxy) is 1. The maximum absolute atomic E-state index is 11.6. The number of phenols is 1. The van der Waals surface area contributed by atoms with E-state index in [2.05, 4.69) is 24.3 Å². The van der Waals surface area contributed by atoms with Gasteiger partial charge in [-0.25, -0.2) is 0 Å². The van der Waals surface area contributed by atoms with Crippen LogP contribution in [0, 0.1) is 0 Å². The highest BCUT2D eigenvalue weighted by Crippen LogP contribution is 2.28. The van der Waals surface area contributed by atoms with Crippen molar-refractivity contribution in [1.29, 1.82) is 0 Å². The average Bonchev–Trinajstić information content (AvgIpc) is 2.94. The number of carbonyl (C=O) groups excluding carboxylic acids is 2. The predicted molar refractivity (Wildman–Crippen MR) is 95.3 cm³/mol. The number of likely N-dealkylation sites (tertiary alicyclic amines) is 1. The van der Waals surface area contributed by atoms with Gasteiger partial charge < -0.3 is 14.7 Å². The van der Waals surface area contributed by atoms with Crippen LogP contribution in [0.4, 0.5) is 0 Å². The highest BCUT2D eigenvalue weighted by atomic mass is 16.5. The van der Waals surface area contributed by atoms with Gasteiger partial charge in [-0.3, -0.25) is 9.59 Å². The molecule has 0 radical (unpaired) electrons. The number of ketones is 1. The number of hydrogen-bond donors (Lipinski definition) is 1. The summed E-state index contributed by atoms with van der Waals surface area (Å²) in [5.41, 5.74) is 3.30. The molecule has 130 valence electrons. The quantitative estimate of drug-likeness (QED) is 0.838. The highest BCUT2D eigenvalue weighted by molar-refractivity contribution is 6.37. The summed E-state index contributed by atoms with van der Waals surface area (Å²) >= 11 is 0. The highest BCUT2D eigenvalue weighted by Gasteiger charge is 2.28. The fourth-order valence-corrected chi connectivity index (χ4v) is 2.99. The van der Waals surface area contributed by atoms with Gasteiger partial charge in [0.25, 0.3) is 5.91 Å². The second kappa shape index (κ2) is 7.38. The van der Waals surface area contributed by atoms with Crippen LogP contribution in [-0.4, -0.2) is 41.9 Å². The third-order valence-electron chi connectivity index (χ3n) is 4.47. The summed E-state index contributed by atoms with van der Waals surface area (Å²) in [6.07, 6.45) is 10.2. The lowest BCUT2D eigenvalue weighted by molar-refractivity contribution is -0.139. The average molecular weight is 339 g/mol. The molecule has 1 aliphatic carbocycles. The van der Waals surface area contributed by atoms with Gasteiger partial charge in [0.1, 0.15) is 0 Å². The van der Waals surface area contributed by atoms with Crippen molar-refractivity contribution in [2.24, 2.45) is 0 Å². The molecule has 25 heavy (non-hydrogen) atoms. The van der Waals surface area contributed by atoms with Crippen molar-refractivity contribution in [2.45, 2.75) is 19.3 Å². The molecule has 0 unspecified atom stereocenters. The summed E-state index contributed by atoms with van der Waals surface area (Å²) in [7, 11) is 1.53. The van der Waals surface area contributed by atoms with Crippen LogP contribution in [0.5, 0.6) is 11.5 Å². The number of allylic oxidation sites excluding steroid dienone is 4. The van der Waals surface area contributed by atoms with Gasteiger partial charge in [0, 0.05) is 19.5 Å². The summed E-state index contributed by atoms with van der Waals surface area (Å²) in [6, 6.07) is 5.26. The van der Waals surface area contributed by atoms with Gasteiger partial charge in [-0.2, -0.15) is 0 Å². The molecule has 0 atom stereocenters. The first-order valence-corrected chi connectivity index (χ1v) is 8.33. The van der Waals surface area contributed by atoms with Crippen LogP contribution in [-0.2, 0) is 9.59 Å². The molecule has 1 aliphatic heterocycles. The van der Waals surface area contributed by atoms with E-state index in [9.17, 15) is 14.7 Å². The van der Waals surface area contributed by atoms with Gasteiger partial charge >= 0.3 is 0 Å². The molecule has 0 saturated carbocycles. The zero-order valence-corrected chi connectivity index (χ0v) is 14.2. The SMILES string of the molecule is COc1cc(C=C2C=CC(CCN3CCC(=O)C3=O)=CC2)ccc1O. The summed E-state index contributed by atoms with van der Waals surface area (Å²) in [5, 5.41) is 9.64. The van der Waals surface area contributed by atoms with E-state index in [0.29, 0.717) is 25.3 Å². The number of carbonyl (C=O) groups is 2. The molecule has 0 bridgehead atoms. The monoisotopic (exact) mass is 339 g/mol. The maximum Gasteiger partial charge on any atom is 0.290 e. The lowest BCUT2D eigenvalue weighted by Gasteiger charge is -2.16. The van der Waals surface area contributed by atoms with Gasteiger partial charge in [-0.1, -0.05) is 30.4 Å². The molecule has 1 saturated heterocycles. The Morgan fingerprint density at radius 1 is 1.28 bits per heavy atom. The largest absolute Gasteiger partial charge is 0.504 e. The third kappa shape index (κ3) is 3.99. The van der Waals surface area contributed by atoms with Gasteiger partial charge in [0.05, 0.1) is 7.11 Å². The van der Waals surface area contributed by atoms with E-state index in [-0.39, 0.29) is 17.4 Å². The van der Waals surface area contributed by atoms with E-state index < -0.39 is 0 Å². The van der Waals surface area contributed by atoms with Crippen molar-refractivity contribution < 1.29 is 19.4 Å². The van der Waals surface area contributed by atoms with Crippen LogP contribution in [0.1, 0.15) is 24.8 Å². The Labute approximate surface area is 146 Å². The van der Waals surface area contributed by atoms with E-state index in [1.165, 1.54) is 12.7 Å². The zero-order valence-electron chi connectivity index (χ0n) is 14.2. The molecule has 0 spiro atoms. The Kier molecular flexibility index (Phi) is 5.03. The molecule has 1 aromatic rings.